The molecule has 0 saturated carbocycles. The number of rotatable bonds is 3. The van der Waals surface area contributed by atoms with Crippen molar-refractivity contribution in [2.45, 2.75) is 6.54 Å². The fourth-order valence-electron chi connectivity index (χ4n) is 1.47. The summed E-state index contributed by atoms with van der Waals surface area (Å²) < 4.78 is 1.85. The summed E-state index contributed by atoms with van der Waals surface area (Å²) in [5, 5.41) is 0.200. The molecule has 0 aliphatic heterocycles. The van der Waals surface area contributed by atoms with E-state index in [1.54, 1.807) is 13.2 Å². The lowest BCUT2D eigenvalue weighted by molar-refractivity contribution is 0.0774. The first-order valence-corrected chi connectivity index (χ1v) is 5.65. The minimum Gasteiger partial charge on any atom is -0.337 e. The van der Waals surface area contributed by atoms with Gasteiger partial charge in [0.05, 0.1) is 18.9 Å². The van der Waals surface area contributed by atoms with Crippen LogP contribution in [-0.4, -0.2) is 37.4 Å². The standard InChI is InChI=1S/C11H12ClN5O/c1-16-4-3-14-10(16)7-17(2)11(18)8-5-13-6-9(12)15-8/h3-6H,7H2,1-2H3. The smallest absolute Gasteiger partial charge is 0.274 e. The largest absolute Gasteiger partial charge is 0.337 e. The fraction of sp³-hybridized carbons (Fsp3) is 0.273. The molecule has 2 aromatic rings. The average Bonchev–Trinajstić information content (AvgIpc) is 2.74. The summed E-state index contributed by atoms with van der Waals surface area (Å²) in [5.74, 6) is 0.550. The summed E-state index contributed by atoms with van der Waals surface area (Å²) in [6.45, 7) is 0.399. The Hall–Kier alpha value is -1.95. The van der Waals surface area contributed by atoms with E-state index in [2.05, 4.69) is 15.0 Å². The van der Waals surface area contributed by atoms with E-state index in [0.29, 0.717) is 6.54 Å². The van der Waals surface area contributed by atoms with E-state index in [1.165, 1.54) is 17.3 Å². The van der Waals surface area contributed by atoms with Gasteiger partial charge in [-0.05, 0) is 0 Å². The molecule has 0 bridgehead atoms. The van der Waals surface area contributed by atoms with Gasteiger partial charge in [0.25, 0.3) is 5.91 Å². The topological polar surface area (TPSA) is 63.9 Å². The number of hydrogen-bond acceptors (Lipinski definition) is 4. The van der Waals surface area contributed by atoms with E-state index in [4.69, 9.17) is 11.6 Å². The van der Waals surface area contributed by atoms with Crippen LogP contribution in [0.3, 0.4) is 0 Å². The third-order valence-electron chi connectivity index (χ3n) is 2.47. The maximum Gasteiger partial charge on any atom is 0.274 e. The molecule has 0 saturated heterocycles. The van der Waals surface area contributed by atoms with E-state index in [0.717, 1.165) is 5.82 Å². The zero-order valence-corrected chi connectivity index (χ0v) is 10.8. The molecular formula is C11H12ClN5O. The van der Waals surface area contributed by atoms with Crippen molar-refractivity contribution < 1.29 is 4.79 Å². The Bertz CT molecular complexity index is 568. The van der Waals surface area contributed by atoms with Crippen molar-refractivity contribution in [3.8, 4) is 0 Å². The molecule has 0 radical (unpaired) electrons. The van der Waals surface area contributed by atoms with Gasteiger partial charge in [-0.25, -0.2) is 9.97 Å². The third kappa shape index (κ3) is 2.65. The van der Waals surface area contributed by atoms with Crippen LogP contribution in [0.15, 0.2) is 24.8 Å². The molecular weight excluding hydrogens is 254 g/mol. The summed E-state index contributed by atoms with van der Waals surface area (Å²) in [5.41, 5.74) is 0.221. The van der Waals surface area contributed by atoms with Crippen LogP contribution in [0.4, 0.5) is 0 Å². The molecule has 1 amide bonds. The van der Waals surface area contributed by atoms with Crippen molar-refractivity contribution in [1.29, 1.82) is 0 Å². The maximum absolute atomic E-state index is 12.1. The highest BCUT2D eigenvalue weighted by Crippen LogP contribution is 2.07. The number of aryl methyl sites for hydroxylation is 1. The second kappa shape index (κ2) is 5.14. The van der Waals surface area contributed by atoms with Crippen LogP contribution >= 0.6 is 11.6 Å². The average molecular weight is 266 g/mol. The number of carbonyl (C=O) groups excluding carboxylic acids is 1. The van der Waals surface area contributed by atoms with Crippen molar-refractivity contribution in [2.24, 2.45) is 7.05 Å². The van der Waals surface area contributed by atoms with E-state index in [9.17, 15) is 4.79 Å². The second-order valence-corrected chi connectivity index (χ2v) is 4.23. The summed E-state index contributed by atoms with van der Waals surface area (Å²) in [6, 6.07) is 0. The quantitative estimate of drug-likeness (QED) is 0.835. The Labute approximate surface area is 109 Å². The number of amides is 1. The minimum absolute atomic E-state index is 0.200. The van der Waals surface area contributed by atoms with Gasteiger partial charge in [0.15, 0.2) is 0 Å². The number of nitrogens with zero attached hydrogens (tertiary/aromatic N) is 5. The molecule has 0 fully saturated rings. The van der Waals surface area contributed by atoms with Crippen LogP contribution in [0.5, 0.6) is 0 Å². The molecule has 18 heavy (non-hydrogen) atoms. The molecule has 0 aliphatic rings. The first-order valence-electron chi connectivity index (χ1n) is 5.27. The summed E-state index contributed by atoms with van der Waals surface area (Å²) >= 11 is 5.70. The van der Waals surface area contributed by atoms with Crippen LogP contribution in [0.2, 0.25) is 5.15 Å². The highest BCUT2D eigenvalue weighted by atomic mass is 35.5. The van der Waals surface area contributed by atoms with Gasteiger partial charge >= 0.3 is 0 Å². The van der Waals surface area contributed by atoms with Crippen molar-refractivity contribution in [2.75, 3.05) is 7.05 Å². The van der Waals surface area contributed by atoms with Crippen molar-refractivity contribution >= 4 is 17.5 Å². The van der Waals surface area contributed by atoms with Gasteiger partial charge in [-0.3, -0.25) is 9.78 Å². The fourth-order valence-corrected chi connectivity index (χ4v) is 1.62. The van der Waals surface area contributed by atoms with Gasteiger partial charge in [0.2, 0.25) is 0 Å². The van der Waals surface area contributed by atoms with Gasteiger partial charge in [-0.15, -0.1) is 0 Å². The third-order valence-corrected chi connectivity index (χ3v) is 2.65. The lowest BCUT2D eigenvalue weighted by Gasteiger charge is -2.16. The van der Waals surface area contributed by atoms with Crippen molar-refractivity contribution in [3.63, 3.8) is 0 Å². The highest BCUT2D eigenvalue weighted by Gasteiger charge is 2.15. The molecule has 2 rings (SSSR count). The normalized spacial score (nSPS) is 10.4. The molecule has 0 unspecified atom stereocenters. The van der Waals surface area contributed by atoms with Gasteiger partial charge in [0.1, 0.15) is 16.7 Å². The molecule has 2 aromatic heterocycles. The molecule has 0 N–H and O–H groups in total. The molecule has 6 nitrogen and oxygen atoms in total. The number of aromatic nitrogens is 4. The van der Waals surface area contributed by atoms with Crippen LogP contribution in [0.25, 0.3) is 0 Å². The second-order valence-electron chi connectivity index (χ2n) is 3.84. The lowest BCUT2D eigenvalue weighted by atomic mass is 10.4. The lowest BCUT2D eigenvalue weighted by Crippen LogP contribution is -2.28. The first kappa shape index (κ1) is 12.5. The minimum atomic E-state index is -0.243. The van der Waals surface area contributed by atoms with Crippen molar-refractivity contribution in [3.05, 3.63) is 41.5 Å². The molecule has 7 heteroatoms. The molecule has 94 valence electrons. The SMILES string of the molecule is CN(Cc1nccn1C)C(=O)c1cncc(Cl)n1. The van der Waals surface area contributed by atoms with Gasteiger partial charge in [-0.1, -0.05) is 11.6 Å². The first-order chi connectivity index (χ1) is 8.58. The monoisotopic (exact) mass is 265 g/mol. The Morgan fingerprint density at radius 2 is 2.28 bits per heavy atom. The van der Waals surface area contributed by atoms with Crippen LogP contribution < -0.4 is 0 Å². The zero-order valence-electron chi connectivity index (χ0n) is 10.0. The number of hydrogen-bond donors (Lipinski definition) is 0. The molecule has 2 heterocycles. The van der Waals surface area contributed by atoms with Crippen LogP contribution in [0.1, 0.15) is 16.3 Å². The molecule has 0 spiro atoms. The van der Waals surface area contributed by atoms with Crippen LogP contribution in [-0.2, 0) is 13.6 Å². The number of carbonyl (C=O) groups is 1. The summed E-state index contributed by atoms with van der Waals surface area (Å²) in [7, 11) is 3.55. The zero-order chi connectivity index (χ0) is 13.1. The van der Waals surface area contributed by atoms with E-state index in [-0.39, 0.29) is 16.8 Å². The van der Waals surface area contributed by atoms with E-state index < -0.39 is 0 Å². The van der Waals surface area contributed by atoms with E-state index >= 15 is 0 Å². The number of imidazole rings is 1. The Morgan fingerprint density at radius 1 is 1.50 bits per heavy atom. The summed E-state index contributed by atoms with van der Waals surface area (Å²) in [6.07, 6.45) is 6.29. The summed E-state index contributed by atoms with van der Waals surface area (Å²) in [4.78, 5) is 25.5. The van der Waals surface area contributed by atoms with Crippen LogP contribution in [0, 0.1) is 0 Å². The predicted octanol–water partition coefficient (Wildman–Crippen LogP) is 1.14. The molecule has 0 aliphatic carbocycles. The van der Waals surface area contributed by atoms with E-state index in [1.807, 2.05) is 17.8 Å². The maximum atomic E-state index is 12.1. The van der Waals surface area contributed by atoms with Crippen molar-refractivity contribution in [1.82, 2.24) is 24.4 Å². The Balaban J connectivity index is 2.12. The molecule has 0 atom stereocenters. The predicted molar refractivity (Wildman–Crippen MR) is 66.0 cm³/mol. The Kier molecular flexibility index (Phi) is 3.57. The Morgan fingerprint density at radius 3 is 2.89 bits per heavy atom. The molecule has 0 aromatic carbocycles. The highest BCUT2D eigenvalue weighted by molar-refractivity contribution is 6.29. The van der Waals surface area contributed by atoms with Gasteiger partial charge in [-0.2, -0.15) is 0 Å². The van der Waals surface area contributed by atoms with Gasteiger partial charge < -0.3 is 9.47 Å². The number of halogens is 1. The van der Waals surface area contributed by atoms with Gasteiger partial charge in [0, 0.05) is 26.5 Å².